The lowest BCUT2D eigenvalue weighted by atomic mass is 10.2. The molecule has 0 radical (unpaired) electrons. The molecule has 21 heavy (non-hydrogen) atoms. The van der Waals surface area contributed by atoms with Crippen LogP contribution in [0.2, 0.25) is 0 Å². The van der Waals surface area contributed by atoms with Crippen LogP contribution in [0, 0.1) is 13.8 Å². The van der Waals surface area contributed by atoms with Crippen molar-refractivity contribution in [2.75, 3.05) is 5.32 Å². The van der Waals surface area contributed by atoms with Crippen LogP contribution in [0.3, 0.4) is 0 Å². The lowest BCUT2D eigenvalue weighted by Gasteiger charge is -2.07. The molecule has 106 valence electrons. The van der Waals surface area contributed by atoms with Gasteiger partial charge in [-0.1, -0.05) is 5.16 Å². The molecule has 3 aromatic rings. The first-order valence-corrected chi connectivity index (χ1v) is 6.36. The number of imidazole rings is 1. The summed E-state index contributed by atoms with van der Waals surface area (Å²) in [5, 5.41) is 9.90. The van der Waals surface area contributed by atoms with Gasteiger partial charge in [0.05, 0.1) is 0 Å². The van der Waals surface area contributed by atoms with Gasteiger partial charge in [0.15, 0.2) is 5.69 Å². The summed E-state index contributed by atoms with van der Waals surface area (Å²) < 4.78 is 6.47. The molecule has 0 atom stereocenters. The predicted octanol–water partition coefficient (Wildman–Crippen LogP) is 2.12. The molecule has 2 heterocycles. The van der Waals surface area contributed by atoms with Crippen molar-refractivity contribution >= 4 is 11.6 Å². The Morgan fingerprint density at radius 3 is 2.52 bits per heavy atom. The van der Waals surface area contributed by atoms with E-state index in [0.29, 0.717) is 11.4 Å². The maximum atomic E-state index is 12.0. The van der Waals surface area contributed by atoms with E-state index in [-0.39, 0.29) is 11.6 Å². The van der Waals surface area contributed by atoms with Crippen LogP contribution in [0.4, 0.5) is 5.69 Å². The van der Waals surface area contributed by atoms with Gasteiger partial charge in [-0.25, -0.2) is 9.61 Å². The van der Waals surface area contributed by atoms with E-state index in [2.05, 4.69) is 25.2 Å². The third-order valence-corrected chi connectivity index (χ3v) is 3.10. The molecule has 3 rings (SSSR count). The number of hydrogen-bond acceptors (Lipinski definition) is 5. The van der Waals surface area contributed by atoms with Crippen LogP contribution in [0.15, 0.2) is 41.3 Å². The number of carbonyl (C=O) groups is 1. The molecule has 1 amide bonds. The van der Waals surface area contributed by atoms with Gasteiger partial charge in [-0.3, -0.25) is 4.79 Å². The van der Waals surface area contributed by atoms with Crippen molar-refractivity contribution in [1.82, 2.24) is 19.9 Å². The standard InChI is InChI=1S/C14H13N5O2/c1-9-13(18-21-17-9)14(20)16-11-3-5-12(6-4-11)19-8-7-15-10(19)2/h3-8H,1-2H3,(H,16,20). The van der Waals surface area contributed by atoms with Gasteiger partial charge in [0.1, 0.15) is 11.5 Å². The number of rotatable bonds is 3. The Morgan fingerprint density at radius 1 is 1.19 bits per heavy atom. The van der Waals surface area contributed by atoms with E-state index in [4.69, 9.17) is 0 Å². The molecule has 0 saturated heterocycles. The van der Waals surface area contributed by atoms with Crippen LogP contribution in [-0.4, -0.2) is 25.8 Å². The van der Waals surface area contributed by atoms with Crippen LogP contribution in [-0.2, 0) is 0 Å². The molecule has 0 bridgehead atoms. The third kappa shape index (κ3) is 2.53. The topological polar surface area (TPSA) is 85.8 Å². The second-order valence-corrected chi connectivity index (χ2v) is 4.54. The predicted molar refractivity (Wildman–Crippen MR) is 75.3 cm³/mol. The number of hydrogen-bond donors (Lipinski definition) is 1. The largest absolute Gasteiger partial charge is 0.320 e. The Bertz CT molecular complexity index is 773. The SMILES string of the molecule is Cc1nonc1C(=O)Nc1ccc(-n2ccnc2C)cc1. The molecule has 0 aliphatic carbocycles. The van der Waals surface area contributed by atoms with Crippen LogP contribution < -0.4 is 5.32 Å². The van der Waals surface area contributed by atoms with Gasteiger partial charge in [-0.05, 0) is 43.3 Å². The summed E-state index contributed by atoms with van der Waals surface area (Å²) in [4.78, 5) is 16.1. The first-order valence-electron chi connectivity index (χ1n) is 6.36. The quantitative estimate of drug-likeness (QED) is 0.795. The number of benzene rings is 1. The molecule has 1 N–H and O–H groups in total. The molecule has 7 nitrogen and oxygen atoms in total. The van der Waals surface area contributed by atoms with Crippen molar-refractivity contribution in [3.8, 4) is 5.69 Å². The number of anilines is 1. The molecule has 2 aromatic heterocycles. The maximum Gasteiger partial charge on any atom is 0.279 e. The van der Waals surface area contributed by atoms with E-state index in [1.165, 1.54) is 0 Å². The lowest BCUT2D eigenvalue weighted by molar-refractivity contribution is 0.101. The van der Waals surface area contributed by atoms with Crippen LogP contribution in [0.5, 0.6) is 0 Å². The molecule has 0 saturated carbocycles. The zero-order valence-corrected chi connectivity index (χ0v) is 11.6. The summed E-state index contributed by atoms with van der Waals surface area (Å²) in [7, 11) is 0. The summed E-state index contributed by atoms with van der Waals surface area (Å²) in [6.07, 6.45) is 3.62. The molecule has 0 fully saturated rings. The zero-order valence-electron chi connectivity index (χ0n) is 11.6. The highest BCUT2D eigenvalue weighted by Gasteiger charge is 2.15. The fraction of sp³-hybridized carbons (Fsp3) is 0.143. The normalized spacial score (nSPS) is 10.6. The minimum Gasteiger partial charge on any atom is -0.320 e. The molecule has 7 heteroatoms. The van der Waals surface area contributed by atoms with Crippen LogP contribution in [0.1, 0.15) is 22.0 Å². The molecule has 0 aliphatic heterocycles. The Hall–Kier alpha value is -2.96. The average molecular weight is 283 g/mol. The Kier molecular flexibility index (Phi) is 3.23. The third-order valence-electron chi connectivity index (χ3n) is 3.10. The van der Waals surface area contributed by atoms with Crippen molar-refractivity contribution in [2.24, 2.45) is 0 Å². The number of aromatic nitrogens is 4. The zero-order chi connectivity index (χ0) is 14.8. The minimum absolute atomic E-state index is 0.185. The summed E-state index contributed by atoms with van der Waals surface area (Å²) in [5.74, 6) is 0.552. The van der Waals surface area contributed by atoms with E-state index >= 15 is 0 Å². The number of carbonyl (C=O) groups excluding carboxylic acids is 1. The molecule has 1 aromatic carbocycles. The minimum atomic E-state index is -0.347. The van der Waals surface area contributed by atoms with Crippen molar-refractivity contribution in [3.63, 3.8) is 0 Å². The average Bonchev–Trinajstić information content (AvgIpc) is 3.08. The fourth-order valence-corrected chi connectivity index (χ4v) is 1.98. The Balaban J connectivity index is 1.78. The highest BCUT2D eigenvalue weighted by molar-refractivity contribution is 6.03. The van der Waals surface area contributed by atoms with Crippen molar-refractivity contribution in [2.45, 2.75) is 13.8 Å². The Labute approximate surface area is 120 Å². The van der Waals surface area contributed by atoms with Crippen molar-refractivity contribution in [3.05, 3.63) is 53.9 Å². The van der Waals surface area contributed by atoms with E-state index in [9.17, 15) is 4.79 Å². The maximum absolute atomic E-state index is 12.0. The van der Waals surface area contributed by atoms with Gasteiger partial charge >= 0.3 is 0 Å². The fourth-order valence-electron chi connectivity index (χ4n) is 1.98. The molecule has 0 spiro atoms. The van der Waals surface area contributed by atoms with E-state index in [1.54, 1.807) is 13.1 Å². The van der Waals surface area contributed by atoms with Gasteiger partial charge in [0, 0.05) is 23.8 Å². The smallest absolute Gasteiger partial charge is 0.279 e. The second-order valence-electron chi connectivity index (χ2n) is 4.54. The summed E-state index contributed by atoms with van der Waals surface area (Å²) in [5.41, 5.74) is 2.29. The summed E-state index contributed by atoms with van der Waals surface area (Å²) in [6, 6.07) is 7.43. The highest BCUT2D eigenvalue weighted by atomic mass is 16.6. The molecule has 0 unspecified atom stereocenters. The number of amides is 1. The van der Waals surface area contributed by atoms with Crippen molar-refractivity contribution < 1.29 is 9.42 Å². The monoisotopic (exact) mass is 283 g/mol. The van der Waals surface area contributed by atoms with E-state index < -0.39 is 0 Å². The molecular formula is C14H13N5O2. The molecule has 0 aliphatic rings. The van der Waals surface area contributed by atoms with Crippen LogP contribution >= 0.6 is 0 Å². The molecular weight excluding hydrogens is 270 g/mol. The van der Waals surface area contributed by atoms with E-state index in [1.807, 2.05) is 42.0 Å². The van der Waals surface area contributed by atoms with Crippen LogP contribution in [0.25, 0.3) is 5.69 Å². The summed E-state index contributed by atoms with van der Waals surface area (Å²) in [6.45, 7) is 3.59. The second kappa shape index (κ2) is 5.20. The van der Waals surface area contributed by atoms with E-state index in [0.717, 1.165) is 11.5 Å². The number of aryl methyl sites for hydroxylation is 2. The lowest BCUT2D eigenvalue weighted by Crippen LogP contribution is -2.13. The first kappa shape index (κ1) is 13.0. The van der Waals surface area contributed by atoms with Gasteiger partial charge in [-0.15, -0.1) is 0 Å². The van der Waals surface area contributed by atoms with Crippen molar-refractivity contribution in [1.29, 1.82) is 0 Å². The van der Waals surface area contributed by atoms with Gasteiger partial charge in [0.2, 0.25) is 0 Å². The Morgan fingerprint density at radius 2 is 1.95 bits per heavy atom. The van der Waals surface area contributed by atoms with Gasteiger partial charge < -0.3 is 9.88 Å². The number of nitrogens with zero attached hydrogens (tertiary/aromatic N) is 4. The summed E-state index contributed by atoms with van der Waals surface area (Å²) >= 11 is 0. The van der Waals surface area contributed by atoms with Gasteiger partial charge in [0.25, 0.3) is 5.91 Å². The number of nitrogens with one attached hydrogen (secondary N) is 1. The van der Waals surface area contributed by atoms with Gasteiger partial charge in [-0.2, -0.15) is 0 Å². The first-order chi connectivity index (χ1) is 10.1. The highest BCUT2D eigenvalue weighted by Crippen LogP contribution is 2.15.